The third-order valence-corrected chi connectivity index (χ3v) is 7.78. The summed E-state index contributed by atoms with van der Waals surface area (Å²) in [4.78, 5) is 32.1. The Morgan fingerprint density at radius 1 is 1.05 bits per heavy atom. The van der Waals surface area contributed by atoms with Crippen molar-refractivity contribution in [2.24, 2.45) is 4.99 Å². The van der Waals surface area contributed by atoms with E-state index >= 15 is 0 Å². The molecule has 9 nitrogen and oxygen atoms in total. The summed E-state index contributed by atoms with van der Waals surface area (Å²) in [6.07, 6.45) is 1.78. The molecule has 0 saturated carbocycles. The zero-order valence-electron chi connectivity index (χ0n) is 21.8. The van der Waals surface area contributed by atoms with E-state index < -0.39 is 12.0 Å². The molecule has 0 N–H and O–H groups in total. The van der Waals surface area contributed by atoms with Gasteiger partial charge in [-0.05, 0) is 77.9 Å². The van der Waals surface area contributed by atoms with E-state index in [2.05, 4.69) is 27.6 Å². The summed E-state index contributed by atoms with van der Waals surface area (Å²) in [6.45, 7) is 3.67. The molecule has 200 valence electrons. The average Bonchev–Trinajstić information content (AvgIpc) is 3.21. The number of methoxy groups -OCH3 is 4. The lowest BCUT2D eigenvalue weighted by Crippen LogP contribution is -2.40. The largest absolute Gasteiger partial charge is 0.493 e. The molecule has 0 saturated heterocycles. The minimum absolute atomic E-state index is 0.191. The Morgan fingerprint density at radius 2 is 1.76 bits per heavy atom. The van der Waals surface area contributed by atoms with Crippen molar-refractivity contribution >= 4 is 46.0 Å². The highest BCUT2D eigenvalue weighted by molar-refractivity contribution is 14.1. The van der Waals surface area contributed by atoms with Crippen LogP contribution in [0, 0.1) is 3.57 Å². The number of nitrogens with zero attached hydrogens (tertiary/aromatic N) is 2. The van der Waals surface area contributed by atoms with Crippen molar-refractivity contribution in [3.8, 4) is 23.0 Å². The number of rotatable bonds is 8. The van der Waals surface area contributed by atoms with Crippen molar-refractivity contribution in [1.29, 1.82) is 0 Å². The van der Waals surface area contributed by atoms with Crippen LogP contribution in [0.1, 0.15) is 31.0 Å². The Labute approximate surface area is 237 Å². The number of benzene rings is 2. The molecule has 0 spiro atoms. The lowest BCUT2D eigenvalue weighted by molar-refractivity contribution is -0.139. The van der Waals surface area contributed by atoms with Gasteiger partial charge in [0.25, 0.3) is 5.56 Å². The quantitative estimate of drug-likeness (QED) is 0.272. The molecule has 0 unspecified atom stereocenters. The maximum absolute atomic E-state index is 13.9. The standard InChI is InChI=1S/C27H27IN2O7S/c1-7-37-26(32)22-14(2)29-27-30(23(22)16-8-9-18(33-3)19(13-16)34-4)25(31)21(38-27)12-15-10-17(28)24(36-6)20(11-15)35-5/h8-13,23H,7H2,1-6H3/b21-12+/t23-/m1/s1. The summed E-state index contributed by atoms with van der Waals surface area (Å²) < 4.78 is 30.0. The predicted octanol–water partition coefficient (Wildman–Crippen LogP) is 3.44. The zero-order chi connectivity index (χ0) is 27.6. The summed E-state index contributed by atoms with van der Waals surface area (Å²) in [5.41, 5.74) is 1.91. The normalized spacial score (nSPS) is 15.0. The van der Waals surface area contributed by atoms with Gasteiger partial charge in [-0.3, -0.25) is 9.36 Å². The highest BCUT2D eigenvalue weighted by Crippen LogP contribution is 2.36. The van der Waals surface area contributed by atoms with Crippen LogP contribution in [-0.4, -0.2) is 45.6 Å². The third-order valence-electron chi connectivity index (χ3n) is 5.99. The van der Waals surface area contributed by atoms with E-state index in [4.69, 9.17) is 23.7 Å². The topological polar surface area (TPSA) is 97.6 Å². The first kappa shape index (κ1) is 27.7. The summed E-state index contributed by atoms with van der Waals surface area (Å²) in [5, 5.41) is 0. The lowest BCUT2D eigenvalue weighted by atomic mass is 9.95. The van der Waals surface area contributed by atoms with Crippen molar-refractivity contribution < 1.29 is 28.5 Å². The number of allylic oxidation sites excluding steroid dienone is 1. The number of hydrogen-bond donors (Lipinski definition) is 0. The number of thiazole rings is 1. The van der Waals surface area contributed by atoms with Gasteiger partial charge in [-0.15, -0.1) is 0 Å². The Morgan fingerprint density at radius 3 is 2.39 bits per heavy atom. The van der Waals surface area contributed by atoms with Crippen molar-refractivity contribution in [2.75, 3.05) is 35.0 Å². The van der Waals surface area contributed by atoms with Gasteiger partial charge < -0.3 is 23.7 Å². The second-order valence-corrected chi connectivity index (χ2v) is 10.3. The van der Waals surface area contributed by atoms with Gasteiger partial charge in [0.1, 0.15) is 0 Å². The van der Waals surface area contributed by atoms with Crippen molar-refractivity contribution in [2.45, 2.75) is 19.9 Å². The molecule has 0 amide bonds. The predicted molar refractivity (Wildman–Crippen MR) is 152 cm³/mol. The minimum Gasteiger partial charge on any atom is -0.493 e. The number of carbonyl (C=O) groups is 1. The van der Waals surface area contributed by atoms with Crippen LogP contribution >= 0.6 is 33.9 Å². The smallest absolute Gasteiger partial charge is 0.338 e. The number of halogens is 1. The Balaban J connectivity index is 1.96. The molecular formula is C27H27IN2O7S. The Bertz CT molecular complexity index is 1610. The van der Waals surface area contributed by atoms with Crippen LogP contribution in [0.25, 0.3) is 6.08 Å². The van der Waals surface area contributed by atoms with Gasteiger partial charge in [-0.25, -0.2) is 9.79 Å². The summed E-state index contributed by atoms with van der Waals surface area (Å²) in [5.74, 6) is 1.66. The molecule has 1 aromatic heterocycles. The van der Waals surface area contributed by atoms with E-state index in [-0.39, 0.29) is 12.2 Å². The molecular weight excluding hydrogens is 623 g/mol. The SMILES string of the molecule is CCOC(=O)C1=C(C)N=c2s/c(=C/c3cc(I)c(OC)c(OC)c3)c(=O)n2[C@@H]1c1ccc(OC)c(OC)c1. The van der Waals surface area contributed by atoms with Crippen molar-refractivity contribution in [3.05, 3.63) is 76.0 Å². The number of esters is 1. The van der Waals surface area contributed by atoms with E-state index in [1.165, 1.54) is 23.0 Å². The molecule has 2 aromatic carbocycles. The van der Waals surface area contributed by atoms with Gasteiger partial charge in [0.2, 0.25) is 0 Å². The molecule has 2 heterocycles. The zero-order valence-corrected chi connectivity index (χ0v) is 24.8. The number of hydrogen-bond acceptors (Lipinski definition) is 9. The second-order valence-electron chi connectivity index (χ2n) is 8.15. The second kappa shape index (κ2) is 11.6. The van der Waals surface area contributed by atoms with Gasteiger partial charge >= 0.3 is 5.97 Å². The monoisotopic (exact) mass is 650 g/mol. The Kier molecular flexibility index (Phi) is 8.46. The maximum atomic E-state index is 13.9. The van der Waals surface area contributed by atoms with Crippen LogP contribution in [-0.2, 0) is 9.53 Å². The van der Waals surface area contributed by atoms with Crippen LogP contribution in [0.15, 0.2) is 51.4 Å². The minimum atomic E-state index is -0.766. The molecule has 0 radical (unpaired) electrons. The third kappa shape index (κ3) is 5.04. The first-order valence-corrected chi connectivity index (χ1v) is 13.5. The van der Waals surface area contributed by atoms with E-state index in [1.807, 2.05) is 6.07 Å². The van der Waals surface area contributed by atoms with Crippen molar-refractivity contribution in [3.63, 3.8) is 0 Å². The molecule has 1 atom stereocenters. The summed E-state index contributed by atoms with van der Waals surface area (Å²) >= 11 is 3.41. The van der Waals surface area contributed by atoms with Crippen LogP contribution < -0.4 is 33.8 Å². The molecule has 4 rings (SSSR count). The van der Waals surface area contributed by atoms with E-state index in [9.17, 15) is 9.59 Å². The molecule has 38 heavy (non-hydrogen) atoms. The van der Waals surface area contributed by atoms with E-state index in [0.29, 0.717) is 49.2 Å². The van der Waals surface area contributed by atoms with Gasteiger partial charge in [0.15, 0.2) is 27.8 Å². The highest BCUT2D eigenvalue weighted by atomic mass is 127. The average molecular weight is 650 g/mol. The number of aromatic nitrogens is 1. The summed E-state index contributed by atoms with van der Waals surface area (Å²) in [6, 6.07) is 8.25. The highest BCUT2D eigenvalue weighted by Gasteiger charge is 2.34. The molecule has 1 aliphatic rings. The van der Waals surface area contributed by atoms with Crippen LogP contribution in [0.2, 0.25) is 0 Å². The molecule has 0 aliphatic carbocycles. The Hall–Kier alpha value is -3.32. The fourth-order valence-corrected chi connectivity index (χ4v) is 6.19. The molecule has 11 heteroatoms. The van der Waals surface area contributed by atoms with Gasteiger partial charge in [-0.1, -0.05) is 17.4 Å². The number of ether oxygens (including phenoxy) is 5. The van der Waals surface area contributed by atoms with Gasteiger partial charge in [0, 0.05) is 0 Å². The van der Waals surface area contributed by atoms with Crippen molar-refractivity contribution in [1.82, 2.24) is 4.57 Å². The van der Waals surface area contributed by atoms with E-state index in [1.54, 1.807) is 65.5 Å². The fourth-order valence-electron chi connectivity index (χ4n) is 4.30. The van der Waals surface area contributed by atoms with Crippen LogP contribution in [0.5, 0.6) is 23.0 Å². The summed E-state index contributed by atoms with van der Waals surface area (Å²) in [7, 11) is 6.22. The first-order valence-electron chi connectivity index (χ1n) is 11.6. The number of carbonyl (C=O) groups excluding carboxylic acids is 1. The van der Waals surface area contributed by atoms with Crippen LogP contribution in [0.3, 0.4) is 0 Å². The molecule has 1 aliphatic heterocycles. The maximum Gasteiger partial charge on any atom is 0.338 e. The molecule has 0 bridgehead atoms. The molecule has 0 fully saturated rings. The van der Waals surface area contributed by atoms with E-state index in [0.717, 1.165) is 9.13 Å². The lowest BCUT2D eigenvalue weighted by Gasteiger charge is -2.25. The first-order chi connectivity index (χ1) is 18.3. The van der Waals surface area contributed by atoms with Gasteiger partial charge in [-0.2, -0.15) is 0 Å². The van der Waals surface area contributed by atoms with Gasteiger partial charge in [0.05, 0.1) is 60.5 Å². The fraction of sp³-hybridized carbons (Fsp3) is 0.296. The molecule has 3 aromatic rings. The van der Waals surface area contributed by atoms with Crippen LogP contribution in [0.4, 0.5) is 0 Å². The number of fused-ring (bicyclic) bond motifs is 1.